The molecule has 0 aliphatic rings. The van der Waals surface area contributed by atoms with Gasteiger partial charge in [-0.3, -0.25) is 4.98 Å². The van der Waals surface area contributed by atoms with Crippen LogP contribution >= 0.6 is 27.3 Å². The number of nitrogens with zero attached hydrogens (tertiary/aromatic N) is 1. The maximum atomic E-state index is 13.2. The van der Waals surface area contributed by atoms with Crippen molar-refractivity contribution < 1.29 is 23.1 Å². The number of hydrogen-bond donors (Lipinski definition) is 2. The molecule has 3 aromatic rings. The second-order valence-electron chi connectivity index (χ2n) is 5.61. The Hall–Kier alpha value is -2.43. The summed E-state index contributed by atoms with van der Waals surface area (Å²) in [6, 6.07) is 7.58. The van der Waals surface area contributed by atoms with E-state index in [1.807, 2.05) is 0 Å². The fourth-order valence-electron chi connectivity index (χ4n) is 2.55. The molecule has 0 atom stereocenters. The summed E-state index contributed by atoms with van der Waals surface area (Å²) in [5.41, 5.74) is 0.544. The summed E-state index contributed by atoms with van der Waals surface area (Å²) in [4.78, 5) is 15.5. The highest BCUT2D eigenvalue weighted by atomic mass is 79.9. The molecule has 10 heteroatoms. The molecule has 146 valence electrons. The molecule has 0 aliphatic carbocycles. The van der Waals surface area contributed by atoms with Gasteiger partial charge in [0.2, 0.25) is 9.84 Å². The van der Waals surface area contributed by atoms with Crippen LogP contribution in [0.15, 0.2) is 62.4 Å². The highest BCUT2D eigenvalue weighted by molar-refractivity contribution is 9.10. The molecule has 3 rings (SSSR count). The number of nitrogens with one attached hydrogen (secondary N) is 1. The van der Waals surface area contributed by atoms with Crippen molar-refractivity contribution in [3.63, 3.8) is 0 Å². The molecule has 0 aliphatic heterocycles. The number of hydrogen-bond acceptors (Lipinski definition) is 7. The fourth-order valence-corrected chi connectivity index (χ4v) is 5.85. The summed E-state index contributed by atoms with van der Waals surface area (Å²) in [6.45, 7) is 0.0952. The number of carbonyl (C=O) groups is 1. The Morgan fingerprint density at radius 1 is 1.25 bits per heavy atom. The Bertz CT molecular complexity index is 1110. The van der Waals surface area contributed by atoms with E-state index in [0.717, 1.165) is 0 Å². The molecule has 0 bridgehead atoms. The van der Waals surface area contributed by atoms with Gasteiger partial charge >= 0.3 is 5.97 Å². The van der Waals surface area contributed by atoms with Crippen LogP contribution in [-0.4, -0.2) is 31.6 Å². The van der Waals surface area contributed by atoms with Gasteiger partial charge < -0.3 is 15.2 Å². The number of ether oxygens (including phenoxy) is 1. The molecular weight excluding hydrogens is 468 g/mol. The van der Waals surface area contributed by atoms with Gasteiger partial charge in [-0.1, -0.05) is 0 Å². The van der Waals surface area contributed by atoms with E-state index in [2.05, 4.69) is 26.2 Å². The number of rotatable bonds is 7. The molecule has 1 aromatic carbocycles. The van der Waals surface area contributed by atoms with Gasteiger partial charge in [0.15, 0.2) is 0 Å². The second kappa shape index (κ2) is 8.29. The summed E-state index contributed by atoms with van der Waals surface area (Å²) in [7, 11) is -2.34. The van der Waals surface area contributed by atoms with Gasteiger partial charge in [-0.2, -0.15) is 0 Å². The van der Waals surface area contributed by atoms with Gasteiger partial charge in [0.25, 0.3) is 0 Å². The number of carboxylic acids is 1. The van der Waals surface area contributed by atoms with E-state index in [-0.39, 0.29) is 21.9 Å². The average molecular weight is 483 g/mol. The molecular formula is C18H15BrN2O5S2. The van der Waals surface area contributed by atoms with Gasteiger partial charge in [-0.25, -0.2) is 13.2 Å². The number of pyridine rings is 1. The quantitative estimate of drug-likeness (QED) is 0.522. The normalized spacial score (nSPS) is 11.2. The first kappa shape index (κ1) is 20.3. The first-order valence-corrected chi connectivity index (χ1v) is 11.1. The number of benzene rings is 1. The standard InChI is InChI=1S/C18H15BrN2O5S2/c1-26-12-2-4-13(5-3-12)28(24,25)16-11(8-20-10-15(16)19)9-21-17-14(18(22)23)6-7-27-17/h2-8,10,21H,9H2,1H3,(H,22,23). The summed E-state index contributed by atoms with van der Waals surface area (Å²) < 4.78 is 31.8. The van der Waals surface area contributed by atoms with Crippen LogP contribution in [-0.2, 0) is 16.4 Å². The Labute approximate surface area is 174 Å². The minimum absolute atomic E-state index is 0.0774. The van der Waals surface area contributed by atoms with E-state index >= 15 is 0 Å². The summed E-state index contributed by atoms with van der Waals surface area (Å²) in [5, 5.41) is 14.3. The number of aromatic nitrogens is 1. The number of sulfone groups is 1. The lowest BCUT2D eigenvalue weighted by molar-refractivity contribution is 0.0698. The van der Waals surface area contributed by atoms with Gasteiger partial charge in [0.05, 0.1) is 26.9 Å². The minimum atomic E-state index is -3.84. The molecule has 28 heavy (non-hydrogen) atoms. The Morgan fingerprint density at radius 2 is 1.96 bits per heavy atom. The van der Waals surface area contributed by atoms with Crippen molar-refractivity contribution in [2.75, 3.05) is 12.4 Å². The average Bonchev–Trinajstić information content (AvgIpc) is 3.15. The number of methoxy groups -OCH3 is 1. The van der Waals surface area contributed by atoms with Crippen molar-refractivity contribution in [1.29, 1.82) is 0 Å². The van der Waals surface area contributed by atoms with Crippen LogP contribution in [0.4, 0.5) is 5.00 Å². The molecule has 0 unspecified atom stereocenters. The molecule has 0 radical (unpaired) electrons. The first-order valence-electron chi connectivity index (χ1n) is 7.90. The third kappa shape index (κ3) is 4.03. The van der Waals surface area contributed by atoms with E-state index in [4.69, 9.17) is 4.74 Å². The molecule has 0 fully saturated rings. The lowest BCUT2D eigenvalue weighted by atomic mass is 10.2. The van der Waals surface area contributed by atoms with Crippen LogP contribution in [0.3, 0.4) is 0 Å². The Morgan fingerprint density at radius 3 is 2.61 bits per heavy atom. The van der Waals surface area contributed by atoms with E-state index in [1.165, 1.54) is 49.0 Å². The van der Waals surface area contributed by atoms with Gasteiger partial charge in [-0.15, -0.1) is 11.3 Å². The third-order valence-electron chi connectivity index (χ3n) is 3.90. The van der Waals surface area contributed by atoms with Crippen LogP contribution in [0.25, 0.3) is 0 Å². The monoisotopic (exact) mass is 482 g/mol. The number of anilines is 1. The van der Waals surface area contributed by atoms with Crippen molar-refractivity contribution in [2.45, 2.75) is 16.3 Å². The Balaban J connectivity index is 1.97. The molecule has 0 amide bonds. The van der Waals surface area contributed by atoms with Gasteiger partial charge in [0, 0.05) is 24.5 Å². The molecule has 2 heterocycles. The van der Waals surface area contributed by atoms with Crippen molar-refractivity contribution in [2.24, 2.45) is 0 Å². The predicted octanol–water partition coefficient (Wildman–Crippen LogP) is 4.06. The van der Waals surface area contributed by atoms with Crippen LogP contribution < -0.4 is 10.1 Å². The lowest BCUT2D eigenvalue weighted by Crippen LogP contribution is -2.11. The van der Waals surface area contributed by atoms with Crippen LogP contribution in [0.5, 0.6) is 5.75 Å². The summed E-state index contributed by atoms with van der Waals surface area (Å²) in [6.07, 6.45) is 2.86. The number of aromatic carboxylic acids is 1. The maximum absolute atomic E-state index is 13.2. The van der Waals surface area contributed by atoms with Crippen LogP contribution in [0, 0.1) is 0 Å². The van der Waals surface area contributed by atoms with Crippen LogP contribution in [0.1, 0.15) is 15.9 Å². The number of halogens is 1. The van der Waals surface area contributed by atoms with E-state index < -0.39 is 15.8 Å². The van der Waals surface area contributed by atoms with E-state index in [9.17, 15) is 18.3 Å². The zero-order chi connectivity index (χ0) is 20.3. The van der Waals surface area contributed by atoms with E-state index in [0.29, 0.717) is 20.8 Å². The van der Waals surface area contributed by atoms with Crippen LogP contribution in [0.2, 0.25) is 0 Å². The molecule has 0 spiro atoms. The predicted molar refractivity (Wildman–Crippen MR) is 109 cm³/mol. The molecule has 0 saturated heterocycles. The zero-order valence-corrected chi connectivity index (χ0v) is 17.8. The minimum Gasteiger partial charge on any atom is -0.497 e. The fraction of sp³-hybridized carbons (Fsp3) is 0.111. The van der Waals surface area contributed by atoms with Gasteiger partial charge in [0.1, 0.15) is 10.8 Å². The highest BCUT2D eigenvalue weighted by Crippen LogP contribution is 2.32. The van der Waals surface area contributed by atoms with Crippen molar-refractivity contribution in [3.8, 4) is 5.75 Å². The lowest BCUT2D eigenvalue weighted by Gasteiger charge is -2.13. The highest BCUT2D eigenvalue weighted by Gasteiger charge is 2.25. The third-order valence-corrected chi connectivity index (χ3v) is 7.55. The number of carboxylic acid groups (broad SMARTS) is 1. The van der Waals surface area contributed by atoms with Crippen molar-refractivity contribution >= 4 is 48.1 Å². The first-order chi connectivity index (χ1) is 13.3. The molecule has 7 nitrogen and oxygen atoms in total. The summed E-state index contributed by atoms with van der Waals surface area (Å²) >= 11 is 4.51. The largest absolute Gasteiger partial charge is 0.497 e. The van der Waals surface area contributed by atoms with E-state index in [1.54, 1.807) is 17.5 Å². The molecule has 2 aromatic heterocycles. The molecule has 0 saturated carbocycles. The Kier molecular flexibility index (Phi) is 6.01. The number of thiophene rings is 1. The zero-order valence-electron chi connectivity index (χ0n) is 14.5. The molecule has 2 N–H and O–H groups in total. The van der Waals surface area contributed by atoms with Crippen molar-refractivity contribution in [3.05, 3.63) is 63.7 Å². The SMILES string of the molecule is COc1ccc(S(=O)(=O)c2c(Br)cncc2CNc2sccc2C(=O)O)cc1. The van der Waals surface area contributed by atoms with Gasteiger partial charge in [-0.05, 0) is 51.6 Å². The second-order valence-corrected chi connectivity index (χ2v) is 9.27. The maximum Gasteiger partial charge on any atom is 0.338 e. The topological polar surface area (TPSA) is 106 Å². The summed E-state index contributed by atoms with van der Waals surface area (Å²) in [5.74, 6) is -0.504. The van der Waals surface area contributed by atoms with Crippen molar-refractivity contribution in [1.82, 2.24) is 4.98 Å². The smallest absolute Gasteiger partial charge is 0.338 e.